The Balaban J connectivity index is 1.02. The molecule has 246 valence electrons. The van der Waals surface area contributed by atoms with Crippen molar-refractivity contribution in [2.45, 2.75) is 0 Å². The maximum Gasteiger partial charge on any atom is 0.0971 e. The van der Waals surface area contributed by atoms with Crippen LogP contribution in [0.15, 0.2) is 188 Å². The zero-order chi connectivity index (χ0) is 34.9. The highest BCUT2D eigenvalue weighted by Gasteiger charge is 2.16. The van der Waals surface area contributed by atoms with E-state index in [1.165, 1.54) is 76.9 Å². The van der Waals surface area contributed by atoms with Crippen LogP contribution in [0.2, 0.25) is 0 Å². The Labute approximate surface area is 306 Å². The van der Waals surface area contributed by atoms with Crippen LogP contribution in [0, 0.1) is 0 Å². The Kier molecular flexibility index (Phi) is 6.55. The van der Waals surface area contributed by atoms with E-state index < -0.39 is 0 Å². The van der Waals surface area contributed by atoms with Crippen LogP contribution in [0.4, 0.5) is 0 Å². The number of hydrogen-bond acceptors (Lipinski definition) is 2. The van der Waals surface area contributed by atoms with Gasteiger partial charge < -0.3 is 4.57 Å². The predicted octanol–water partition coefficient (Wildman–Crippen LogP) is 13.2. The highest BCUT2D eigenvalue weighted by Crippen LogP contribution is 2.39. The Hall–Kier alpha value is -7.10. The summed E-state index contributed by atoms with van der Waals surface area (Å²) in [5, 5.41) is 9.64. The summed E-state index contributed by atoms with van der Waals surface area (Å²) in [6, 6.07) is 63.9. The number of rotatable bonds is 4. The van der Waals surface area contributed by atoms with Gasteiger partial charge in [-0.15, -0.1) is 0 Å². The predicted molar refractivity (Wildman–Crippen MR) is 223 cm³/mol. The van der Waals surface area contributed by atoms with E-state index >= 15 is 0 Å². The lowest BCUT2D eigenvalue weighted by Gasteiger charge is -2.15. The Bertz CT molecular complexity index is 3150. The first-order valence-electron chi connectivity index (χ1n) is 18.1. The smallest absolute Gasteiger partial charge is 0.0971 e. The molecule has 0 atom stereocenters. The fourth-order valence-corrected chi connectivity index (χ4v) is 8.48. The topological polar surface area (TPSA) is 30.7 Å². The zero-order valence-electron chi connectivity index (χ0n) is 28.7. The SMILES string of the molecule is c1cc(-c2cccc(-c3cccc4c(-n5c6ccccc6c6ccccc65)cccc34)c2)cc(-c2ccc3c4ccccc4c4nccnc4c3c2)c1. The second-order valence-corrected chi connectivity index (χ2v) is 13.8. The lowest BCUT2D eigenvalue weighted by molar-refractivity contribution is 1.20. The fourth-order valence-electron chi connectivity index (χ4n) is 8.48. The molecule has 0 bridgehead atoms. The maximum absolute atomic E-state index is 4.80. The fraction of sp³-hybridized carbons (Fsp3) is 0. The molecule has 0 aliphatic carbocycles. The van der Waals surface area contributed by atoms with Crippen molar-refractivity contribution in [3.05, 3.63) is 188 Å². The maximum atomic E-state index is 4.80. The minimum atomic E-state index is 0.934. The van der Waals surface area contributed by atoms with Gasteiger partial charge in [0.2, 0.25) is 0 Å². The van der Waals surface area contributed by atoms with Crippen LogP contribution in [-0.2, 0) is 0 Å². The third-order valence-electron chi connectivity index (χ3n) is 10.9. The van der Waals surface area contributed by atoms with Crippen molar-refractivity contribution in [2.24, 2.45) is 0 Å². The van der Waals surface area contributed by atoms with Crippen molar-refractivity contribution >= 4 is 65.2 Å². The van der Waals surface area contributed by atoms with Crippen molar-refractivity contribution in [1.82, 2.24) is 14.5 Å². The summed E-state index contributed by atoms with van der Waals surface area (Å²) in [6.07, 6.45) is 3.57. The summed E-state index contributed by atoms with van der Waals surface area (Å²) >= 11 is 0. The average Bonchev–Trinajstić information content (AvgIpc) is 3.57. The molecule has 0 N–H and O–H groups in total. The van der Waals surface area contributed by atoms with Crippen LogP contribution in [0.1, 0.15) is 0 Å². The van der Waals surface area contributed by atoms with Crippen LogP contribution in [-0.4, -0.2) is 14.5 Å². The van der Waals surface area contributed by atoms with Crippen molar-refractivity contribution in [2.75, 3.05) is 0 Å². The third-order valence-corrected chi connectivity index (χ3v) is 10.9. The van der Waals surface area contributed by atoms with Gasteiger partial charge in [-0.3, -0.25) is 9.97 Å². The first-order valence-corrected chi connectivity index (χ1v) is 18.1. The molecule has 2 heterocycles. The summed E-state index contributed by atoms with van der Waals surface area (Å²) in [5.74, 6) is 0. The molecule has 0 amide bonds. The molecule has 0 fully saturated rings. The first kappa shape index (κ1) is 29.6. The van der Waals surface area contributed by atoms with Crippen LogP contribution in [0.25, 0.3) is 104 Å². The minimum Gasteiger partial charge on any atom is -0.309 e. The quantitative estimate of drug-likeness (QED) is 0.174. The van der Waals surface area contributed by atoms with Crippen molar-refractivity contribution in [1.29, 1.82) is 0 Å². The van der Waals surface area contributed by atoms with Crippen molar-refractivity contribution in [3.8, 4) is 39.1 Å². The number of benzene rings is 9. The number of nitrogens with zero attached hydrogens (tertiary/aromatic N) is 3. The molecule has 0 aliphatic rings. The van der Waals surface area contributed by atoms with Gasteiger partial charge in [-0.25, -0.2) is 0 Å². The van der Waals surface area contributed by atoms with Gasteiger partial charge in [0.25, 0.3) is 0 Å². The molecule has 11 rings (SSSR count). The summed E-state index contributed by atoms with van der Waals surface area (Å²) in [5.41, 5.74) is 12.6. The highest BCUT2D eigenvalue weighted by molar-refractivity contribution is 6.23. The van der Waals surface area contributed by atoms with Crippen LogP contribution in [0.3, 0.4) is 0 Å². The summed E-state index contributed by atoms with van der Waals surface area (Å²) in [4.78, 5) is 9.55. The van der Waals surface area contributed by atoms with Gasteiger partial charge >= 0.3 is 0 Å². The summed E-state index contributed by atoms with van der Waals surface area (Å²) in [6.45, 7) is 0. The molecule has 0 saturated carbocycles. The van der Waals surface area contributed by atoms with Crippen molar-refractivity contribution in [3.63, 3.8) is 0 Å². The van der Waals surface area contributed by atoms with E-state index in [0.29, 0.717) is 0 Å². The van der Waals surface area contributed by atoms with E-state index in [9.17, 15) is 0 Å². The highest BCUT2D eigenvalue weighted by atomic mass is 15.0. The van der Waals surface area contributed by atoms with E-state index in [4.69, 9.17) is 9.97 Å². The van der Waals surface area contributed by atoms with E-state index in [1.807, 2.05) is 0 Å². The van der Waals surface area contributed by atoms with E-state index in [0.717, 1.165) is 27.4 Å². The minimum absolute atomic E-state index is 0.934. The second-order valence-electron chi connectivity index (χ2n) is 13.8. The molecule has 11 aromatic rings. The lowest BCUT2D eigenvalue weighted by atomic mass is 9.92. The van der Waals surface area contributed by atoms with E-state index in [2.05, 4.69) is 180 Å². The summed E-state index contributed by atoms with van der Waals surface area (Å²) in [7, 11) is 0. The molecule has 9 aromatic carbocycles. The molecule has 0 radical (unpaired) electrons. The van der Waals surface area contributed by atoms with E-state index in [-0.39, 0.29) is 0 Å². The van der Waals surface area contributed by atoms with Crippen LogP contribution < -0.4 is 0 Å². The molecule has 0 saturated heterocycles. The largest absolute Gasteiger partial charge is 0.309 e. The van der Waals surface area contributed by atoms with Crippen LogP contribution >= 0.6 is 0 Å². The average molecular weight is 674 g/mol. The van der Waals surface area contributed by atoms with Crippen molar-refractivity contribution < 1.29 is 0 Å². The first-order chi connectivity index (χ1) is 26.3. The van der Waals surface area contributed by atoms with Gasteiger partial charge in [0, 0.05) is 39.3 Å². The monoisotopic (exact) mass is 673 g/mol. The van der Waals surface area contributed by atoms with Crippen LogP contribution in [0.5, 0.6) is 0 Å². The normalized spacial score (nSPS) is 11.8. The molecule has 0 aliphatic heterocycles. The lowest BCUT2D eigenvalue weighted by Crippen LogP contribution is -1.95. The standard InChI is InChI=1S/C50H31N3/c1-2-18-44-39(15-1)40-26-25-35(31-45(40)50-49(44)51-27-28-52-50)33-12-7-11-32(29-33)34-13-8-14-36(30-34)37-19-9-21-41-38(37)20-10-24-48(41)53-46-22-5-3-16-42(46)43-17-4-6-23-47(43)53/h1-31H. The van der Waals surface area contributed by atoms with Gasteiger partial charge in [0.15, 0.2) is 0 Å². The molecule has 3 heteroatoms. The molecular weight excluding hydrogens is 643 g/mol. The molecular formula is C50H31N3. The number of aromatic nitrogens is 3. The molecule has 53 heavy (non-hydrogen) atoms. The van der Waals surface area contributed by atoms with Gasteiger partial charge in [-0.2, -0.15) is 0 Å². The van der Waals surface area contributed by atoms with E-state index in [1.54, 1.807) is 12.4 Å². The van der Waals surface area contributed by atoms with Gasteiger partial charge in [0.05, 0.1) is 27.8 Å². The zero-order valence-corrected chi connectivity index (χ0v) is 28.7. The number of hydrogen-bond donors (Lipinski definition) is 0. The molecule has 0 spiro atoms. The number of para-hydroxylation sites is 2. The Morgan fingerprint density at radius 2 is 0.792 bits per heavy atom. The number of fused-ring (bicyclic) bond motifs is 10. The van der Waals surface area contributed by atoms with Gasteiger partial charge in [0.1, 0.15) is 0 Å². The molecule has 3 nitrogen and oxygen atoms in total. The van der Waals surface area contributed by atoms with Gasteiger partial charge in [-0.1, -0.05) is 140 Å². The summed E-state index contributed by atoms with van der Waals surface area (Å²) < 4.78 is 2.42. The molecule has 0 unspecified atom stereocenters. The Morgan fingerprint density at radius 3 is 1.51 bits per heavy atom. The van der Waals surface area contributed by atoms with Gasteiger partial charge in [-0.05, 0) is 85.9 Å². The third kappa shape index (κ3) is 4.61. The second kappa shape index (κ2) is 11.7. The Morgan fingerprint density at radius 1 is 0.302 bits per heavy atom. The molecule has 2 aromatic heterocycles.